The molecule has 1 atom stereocenters. The molecule has 1 spiro atoms. The minimum Gasteiger partial charge on any atom is -0.454 e. The molecule has 2 saturated carbocycles. The first-order valence-electron chi connectivity index (χ1n) is 7.50. The summed E-state index contributed by atoms with van der Waals surface area (Å²) in [6.45, 7) is 0.0353. The van der Waals surface area contributed by atoms with Crippen LogP contribution in [0.2, 0.25) is 0 Å². The van der Waals surface area contributed by atoms with Gasteiger partial charge in [0.1, 0.15) is 0 Å². The fraction of sp³-hybridized carbons (Fsp3) is 0.467. The minimum absolute atomic E-state index is 0.0353. The lowest BCUT2D eigenvalue weighted by Crippen LogP contribution is -2.26. The number of hydrazone groups is 1. The molecule has 2 aliphatic carbocycles. The molecule has 1 amide bonds. The molecule has 0 radical (unpaired) electrons. The van der Waals surface area contributed by atoms with E-state index in [4.69, 9.17) is 9.47 Å². The number of hydrogen-bond acceptors (Lipinski definition) is 6. The van der Waals surface area contributed by atoms with Crippen LogP contribution in [0, 0.1) is 21.4 Å². The average Bonchev–Trinajstić information content (AvgIpc) is 3.11. The number of hydrogen-bond donors (Lipinski definition) is 1. The lowest BCUT2D eigenvalue weighted by Gasteiger charge is -2.25. The van der Waals surface area contributed by atoms with E-state index in [0.717, 1.165) is 19.3 Å². The Balaban J connectivity index is 1.47. The molecule has 0 aromatic heterocycles. The first-order valence-corrected chi connectivity index (χ1v) is 7.50. The molecule has 23 heavy (non-hydrogen) atoms. The molecule has 3 aliphatic rings. The number of nitro groups is 1. The van der Waals surface area contributed by atoms with Gasteiger partial charge in [-0.15, -0.1) is 0 Å². The maximum Gasteiger partial charge on any atom is 0.282 e. The predicted octanol–water partition coefficient (Wildman–Crippen LogP) is 1.96. The summed E-state index contributed by atoms with van der Waals surface area (Å²) in [4.78, 5) is 22.6. The number of rotatable bonds is 4. The van der Waals surface area contributed by atoms with Crippen molar-refractivity contribution < 1.29 is 19.2 Å². The lowest BCUT2D eigenvalue weighted by atomic mass is 9.80. The number of ether oxygens (including phenoxy) is 2. The van der Waals surface area contributed by atoms with Gasteiger partial charge in [-0.25, -0.2) is 5.43 Å². The van der Waals surface area contributed by atoms with Gasteiger partial charge in [-0.1, -0.05) is 6.42 Å². The van der Waals surface area contributed by atoms with E-state index in [0.29, 0.717) is 11.5 Å². The van der Waals surface area contributed by atoms with Crippen molar-refractivity contribution >= 4 is 17.8 Å². The highest BCUT2D eigenvalue weighted by Gasteiger charge is 2.60. The quantitative estimate of drug-likeness (QED) is 0.519. The highest BCUT2D eigenvalue weighted by Crippen LogP contribution is 2.65. The largest absolute Gasteiger partial charge is 0.454 e. The van der Waals surface area contributed by atoms with Gasteiger partial charge in [0.05, 0.1) is 22.8 Å². The second kappa shape index (κ2) is 4.94. The second-order valence-electron chi connectivity index (χ2n) is 6.23. The molecule has 1 aliphatic heterocycles. The zero-order valence-corrected chi connectivity index (χ0v) is 12.3. The van der Waals surface area contributed by atoms with E-state index >= 15 is 0 Å². The number of benzene rings is 1. The van der Waals surface area contributed by atoms with Gasteiger partial charge >= 0.3 is 0 Å². The summed E-state index contributed by atoms with van der Waals surface area (Å²) >= 11 is 0. The Morgan fingerprint density at radius 3 is 2.74 bits per heavy atom. The molecular weight excluding hydrogens is 302 g/mol. The fourth-order valence-electron chi connectivity index (χ4n) is 3.35. The smallest absolute Gasteiger partial charge is 0.282 e. The van der Waals surface area contributed by atoms with Crippen molar-refractivity contribution in [3.8, 4) is 11.5 Å². The molecule has 1 aromatic carbocycles. The van der Waals surface area contributed by atoms with Crippen LogP contribution in [0.1, 0.15) is 31.2 Å². The predicted molar refractivity (Wildman–Crippen MR) is 79.3 cm³/mol. The highest BCUT2D eigenvalue weighted by molar-refractivity contribution is 5.89. The summed E-state index contributed by atoms with van der Waals surface area (Å²) in [6.07, 6.45) is 5.62. The summed E-state index contributed by atoms with van der Waals surface area (Å²) in [7, 11) is 0. The zero-order valence-electron chi connectivity index (χ0n) is 12.3. The van der Waals surface area contributed by atoms with Crippen molar-refractivity contribution in [2.75, 3.05) is 6.79 Å². The average molecular weight is 317 g/mol. The van der Waals surface area contributed by atoms with Crippen LogP contribution in [0.4, 0.5) is 5.69 Å². The van der Waals surface area contributed by atoms with Crippen molar-refractivity contribution in [2.24, 2.45) is 16.4 Å². The molecule has 1 unspecified atom stereocenters. The zero-order chi connectivity index (χ0) is 16.0. The highest BCUT2D eigenvalue weighted by atomic mass is 16.7. The number of carbonyl (C=O) groups excluding carboxylic acids is 1. The van der Waals surface area contributed by atoms with Crippen LogP contribution < -0.4 is 14.9 Å². The van der Waals surface area contributed by atoms with E-state index in [2.05, 4.69) is 10.5 Å². The van der Waals surface area contributed by atoms with E-state index in [9.17, 15) is 14.9 Å². The molecule has 0 saturated heterocycles. The number of nitrogens with one attached hydrogen (secondary N) is 1. The first kappa shape index (κ1) is 14.0. The maximum atomic E-state index is 12.0. The number of nitrogens with zero attached hydrogens (tertiary/aromatic N) is 2. The molecule has 4 rings (SSSR count). The number of nitro benzene ring substituents is 1. The van der Waals surface area contributed by atoms with Gasteiger partial charge < -0.3 is 9.47 Å². The van der Waals surface area contributed by atoms with E-state index in [1.165, 1.54) is 24.8 Å². The summed E-state index contributed by atoms with van der Waals surface area (Å²) in [5.74, 6) is 0.700. The lowest BCUT2D eigenvalue weighted by molar-refractivity contribution is -0.385. The number of amides is 1. The summed E-state index contributed by atoms with van der Waals surface area (Å²) < 4.78 is 10.3. The Morgan fingerprint density at radius 1 is 1.39 bits per heavy atom. The van der Waals surface area contributed by atoms with Gasteiger partial charge in [0.15, 0.2) is 11.5 Å². The van der Waals surface area contributed by atoms with E-state index < -0.39 is 4.92 Å². The number of carbonyl (C=O) groups is 1. The van der Waals surface area contributed by atoms with Crippen molar-refractivity contribution in [3.63, 3.8) is 0 Å². The third-order valence-electron chi connectivity index (χ3n) is 4.95. The van der Waals surface area contributed by atoms with Gasteiger partial charge in [0, 0.05) is 5.92 Å². The molecule has 1 aromatic rings. The Labute approximate surface area is 131 Å². The van der Waals surface area contributed by atoms with Crippen LogP contribution in [0.5, 0.6) is 11.5 Å². The van der Waals surface area contributed by atoms with Crippen LogP contribution in [-0.2, 0) is 4.79 Å². The van der Waals surface area contributed by atoms with Crippen molar-refractivity contribution in [3.05, 3.63) is 27.8 Å². The Kier molecular flexibility index (Phi) is 3.00. The SMILES string of the molecule is O=C(N/N=C/c1cc2c(cc1[N+](=O)[O-])OCO2)C1CC12CCC2. The molecule has 0 bridgehead atoms. The molecule has 1 N–H and O–H groups in total. The van der Waals surface area contributed by atoms with Crippen LogP contribution in [0.25, 0.3) is 0 Å². The fourth-order valence-corrected chi connectivity index (χ4v) is 3.35. The molecule has 2 fully saturated rings. The third-order valence-corrected chi connectivity index (χ3v) is 4.95. The Hall–Kier alpha value is -2.64. The third kappa shape index (κ3) is 2.30. The number of fused-ring (bicyclic) bond motifs is 1. The minimum atomic E-state index is -0.518. The Morgan fingerprint density at radius 2 is 2.13 bits per heavy atom. The van der Waals surface area contributed by atoms with Gasteiger partial charge in [0.25, 0.3) is 5.69 Å². The van der Waals surface area contributed by atoms with Gasteiger partial charge in [0.2, 0.25) is 12.7 Å². The molecule has 8 nitrogen and oxygen atoms in total. The summed E-state index contributed by atoms with van der Waals surface area (Å²) in [5, 5.41) is 15.0. The van der Waals surface area contributed by atoms with Crippen LogP contribution in [-0.4, -0.2) is 23.8 Å². The van der Waals surface area contributed by atoms with Crippen molar-refractivity contribution in [2.45, 2.75) is 25.7 Å². The molecule has 8 heteroatoms. The van der Waals surface area contributed by atoms with Crippen LogP contribution in [0.15, 0.2) is 17.2 Å². The van der Waals surface area contributed by atoms with Crippen molar-refractivity contribution in [1.82, 2.24) is 5.43 Å². The van der Waals surface area contributed by atoms with Gasteiger partial charge in [-0.05, 0) is 30.7 Å². The first-order chi connectivity index (χ1) is 11.1. The monoisotopic (exact) mass is 317 g/mol. The van der Waals surface area contributed by atoms with Gasteiger partial charge in [-0.3, -0.25) is 14.9 Å². The summed E-state index contributed by atoms with van der Waals surface area (Å²) in [5.41, 5.74) is 2.83. The summed E-state index contributed by atoms with van der Waals surface area (Å²) in [6, 6.07) is 2.79. The Bertz CT molecular complexity index is 726. The topological polar surface area (TPSA) is 103 Å². The second-order valence-corrected chi connectivity index (χ2v) is 6.23. The standard InChI is InChI=1S/C15H15N3O5/c19-14(10-6-15(10)2-1-3-15)17-16-7-9-4-12-13(23-8-22-12)5-11(9)18(20)21/h4-5,7,10H,1-3,6,8H2,(H,17,19)/b16-7+. The maximum absolute atomic E-state index is 12.0. The van der Waals surface area contributed by atoms with E-state index in [1.807, 2.05) is 0 Å². The van der Waals surface area contributed by atoms with E-state index in [-0.39, 0.29) is 35.3 Å². The molecule has 120 valence electrons. The molecular formula is C15H15N3O5. The van der Waals surface area contributed by atoms with Crippen molar-refractivity contribution in [1.29, 1.82) is 0 Å². The van der Waals surface area contributed by atoms with Gasteiger partial charge in [-0.2, -0.15) is 5.10 Å². The van der Waals surface area contributed by atoms with Crippen LogP contribution >= 0.6 is 0 Å². The van der Waals surface area contributed by atoms with E-state index in [1.54, 1.807) is 0 Å². The van der Waals surface area contributed by atoms with Crippen LogP contribution in [0.3, 0.4) is 0 Å². The molecule has 1 heterocycles. The normalized spacial score (nSPS) is 22.9.